The molecule has 0 aliphatic carbocycles. The molecule has 0 radical (unpaired) electrons. The van der Waals surface area contributed by atoms with Gasteiger partial charge in [0, 0.05) is 26.2 Å². The van der Waals surface area contributed by atoms with Gasteiger partial charge in [0.2, 0.25) is 0 Å². The van der Waals surface area contributed by atoms with Gasteiger partial charge in [-0.05, 0) is 36.1 Å². The van der Waals surface area contributed by atoms with E-state index in [9.17, 15) is 9.18 Å². The second-order valence-electron chi connectivity index (χ2n) is 5.22. The van der Waals surface area contributed by atoms with Crippen LogP contribution in [0.5, 0.6) is 5.75 Å². The van der Waals surface area contributed by atoms with Gasteiger partial charge < -0.3 is 15.0 Å². The summed E-state index contributed by atoms with van der Waals surface area (Å²) in [7, 11) is 0. The fourth-order valence-corrected chi connectivity index (χ4v) is 2.83. The predicted octanol–water partition coefficient (Wildman–Crippen LogP) is 1.30. The molecule has 110 valence electrons. The summed E-state index contributed by atoms with van der Waals surface area (Å²) >= 11 is 0. The number of hydrogen-bond donors (Lipinski definition) is 1. The van der Waals surface area contributed by atoms with Crippen LogP contribution in [0.25, 0.3) is 0 Å². The van der Waals surface area contributed by atoms with E-state index in [1.54, 1.807) is 0 Å². The second kappa shape index (κ2) is 6.41. The van der Waals surface area contributed by atoms with Gasteiger partial charge in [-0.2, -0.15) is 0 Å². The van der Waals surface area contributed by atoms with Crippen LogP contribution in [0.4, 0.5) is 4.39 Å². The number of carbonyl (C=O) groups is 1. The molecule has 6 heteroatoms. The number of amides is 1. The van der Waals surface area contributed by atoms with Crippen molar-refractivity contribution < 1.29 is 13.9 Å². The molecule has 4 nitrogen and oxygen atoms in total. The van der Waals surface area contributed by atoms with Crippen molar-refractivity contribution in [1.29, 1.82) is 0 Å². The molecular weight excluding hydrogens is 283 g/mol. The first-order chi connectivity index (χ1) is 9.22. The van der Waals surface area contributed by atoms with Crippen molar-refractivity contribution in [3.05, 3.63) is 30.1 Å². The molecule has 0 unspecified atom stereocenters. The Balaban J connectivity index is 0.00000147. The zero-order valence-corrected chi connectivity index (χ0v) is 11.9. The third kappa shape index (κ3) is 3.22. The van der Waals surface area contributed by atoms with Gasteiger partial charge in [-0.3, -0.25) is 4.79 Å². The molecule has 3 rings (SSSR count). The zero-order valence-electron chi connectivity index (χ0n) is 11.0. The molecule has 2 saturated heterocycles. The Labute approximate surface area is 123 Å². The summed E-state index contributed by atoms with van der Waals surface area (Å²) in [6.45, 7) is 3.69. The van der Waals surface area contributed by atoms with E-state index in [1.807, 2.05) is 4.90 Å². The number of halogens is 2. The lowest BCUT2D eigenvalue weighted by molar-refractivity contribution is -0.132. The number of carbonyl (C=O) groups excluding carboxylic acids is 1. The van der Waals surface area contributed by atoms with Crippen LogP contribution in [0.15, 0.2) is 24.3 Å². The van der Waals surface area contributed by atoms with E-state index in [2.05, 4.69) is 5.32 Å². The van der Waals surface area contributed by atoms with E-state index in [1.165, 1.54) is 24.3 Å². The van der Waals surface area contributed by atoms with E-state index in [0.29, 0.717) is 17.6 Å². The maximum absolute atomic E-state index is 12.7. The lowest BCUT2D eigenvalue weighted by atomic mass is 10.0. The number of nitrogens with one attached hydrogen (secondary N) is 1. The van der Waals surface area contributed by atoms with Crippen LogP contribution in [0.3, 0.4) is 0 Å². The molecule has 1 N–H and O–H groups in total. The van der Waals surface area contributed by atoms with Crippen LogP contribution < -0.4 is 10.1 Å². The Morgan fingerprint density at radius 3 is 2.45 bits per heavy atom. The van der Waals surface area contributed by atoms with Gasteiger partial charge in [-0.15, -0.1) is 12.4 Å². The first-order valence-electron chi connectivity index (χ1n) is 6.59. The van der Waals surface area contributed by atoms with Gasteiger partial charge in [-0.1, -0.05) is 0 Å². The normalized spacial score (nSPS) is 24.1. The van der Waals surface area contributed by atoms with Gasteiger partial charge in [0.25, 0.3) is 5.91 Å². The molecule has 2 aliphatic rings. The lowest BCUT2D eigenvalue weighted by Gasteiger charge is -2.17. The van der Waals surface area contributed by atoms with Gasteiger partial charge in [-0.25, -0.2) is 4.39 Å². The first kappa shape index (κ1) is 15.1. The van der Waals surface area contributed by atoms with Crippen LogP contribution >= 0.6 is 12.4 Å². The van der Waals surface area contributed by atoms with Crippen molar-refractivity contribution in [1.82, 2.24) is 10.2 Å². The highest BCUT2D eigenvalue weighted by atomic mass is 35.5. The Morgan fingerprint density at radius 1 is 1.25 bits per heavy atom. The topological polar surface area (TPSA) is 41.6 Å². The summed E-state index contributed by atoms with van der Waals surface area (Å²) in [5.74, 6) is 1.41. The number of hydrogen-bond acceptors (Lipinski definition) is 3. The molecule has 0 bridgehead atoms. The second-order valence-corrected chi connectivity index (χ2v) is 5.22. The third-order valence-electron chi connectivity index (χ3n) is 3.92. The molecule has 0 spiro atoms. The Kier molecular flexibility index (Phi) is 4.83. The summed E-state index contributed by atoms with van der Waals surface area (Å²) in [5.41, 5.74) is 0. The Morgan fingerprint density at radius 2 is 1.85 bits per heavy atom. The molecule has 1 aromatic rings. The molecule has 20 heavy (non-hydrogen) atoms. The monoisotopic (exact) mass is 300 g/mol. The van der Waals surface area contributed by atoms with Crippen LogP contribution in [-0.4, -0.2) is 43.6 Å². The Bertz CT molecular complexity index is 457. The van der Waals surface area contributed by atoms with Crippen LogP contribution in [-0.2, 0) is 4.79 Å². The molecule has 1 aromatic carbocycles. The summed E-state index contributed by atoms with van der Waals surface area (Å²) in [4.78, 5) is 13.9. The molecular formula is C14H18ClFN2O2. The number of fused-ring (bicyclic) bond motifs is 1. The fourth-order valence-electron chi connectivity index (χ4n) is 2.83. The lowest BCUT2D eigenvalue weighted by Crippen LogP contribution is -2.35. The average Bonchev–Trinajstić information content (AvgIpc) is 2.98. The smallest absolute Gasteiger partial charge is 0.260 e. The van der Waals surface area contributed by atoms with Crippen molar-refractivity contribution in [2.45, 2.75) is 0 Å². The highest BCUT2D eigenvalue weighted by molar-refractivity contribution is 5.85. The molecule has 0 aromatic heterocycles. The predicted molar refractivity (Wildman–Crippen MR) is 75.6 cm³/mol. The molecule has 2 fully saturated rings. The number of benzene rings is 1. The highest BCUT2D eigenvalue weighted by Gasteiger charge is 2.37. The Hall–Kier alpha value is -1.33. The summed E-state index contributed by atoms with van der Waals surface area (Å²) in [6, 6.07) is 5.72. The number of ether oxygens (including phenoxy) is 1. The minimum atomic E-state index is -0.307. The van der Waals surface area contributed by atoms with Crippen LogP contribution in [0.2, 0.25) is 0 Å². The quantitative estimate of drug-likeness (QED) is 0.915. The van der Waals surface area contributed by atoms with Crippen molar-refractivity contribution >= 4 is 18.3 Å². The molecule has 2 atom stereocenters. The van der Waals surface area contributed by atoms with Gasteiger partial charge >= 0.3 is 0 Å². The first-order valence-corrected chi connectivity index (χ1v) is 6.59. The summed E-state index contributed by atoms with van der Waals surface area (Å²) < 4.78 is 18.1. The van der Waals surface area contributed by atoms with E-state index in [-0.39, 0.29) is 30.7 Å². The number of likely N-dealkylation sites (tertiary alicyclic amines) is 1. The van der Waals surface area contributed by atoms with Crippen molar-refractivity contribution in [3.8, 4) is 5.75 Å². The van der Waals surface area contributed by atoms with Crippen molar-refractivity contribution in [2.24, 2.45) is 11.8 Å². The van der Waals surface area contributed by atoms with Gasteiger partial charge in [0.15, 0.2) is 6.61 Å². The summed E-state index contributed by atoms with van der Waals surface area (Å²) in [6.07, 6.45) is 0. The van der Waals surface area contributed by atoms with Gasteiger partial charge in [0.05, 0.1) is 0 Å². The molecule has 1 amide bonds. The van der Waals surface area contributed by atoms with E-state index in [0.717, 1.165) is 26.2 Å². The van der Waals surface area contributed by atoms with Gasteiger partial charge in [0.1, 0.15) is 11.6 Å². The maximum atomic E-state index is 12.7. The molecule has 2 heterocycles. The highest BCUT2D eigenvalue weighted by Crippen LogP contribution is 2.26. The standard InChI is InChI=1S/C14H17FN2O2.ClH/c15-12-1-3-13(4-2-12)19-9-14(18)17-7-10-5-16-6-11(10)8-17;/h1-4,10-11,16H,5-9H2;1H/t10-,11+;. The largest absolute Gasteiger partial charge is 0.484 e. The van der Waals surface area contributed by atoms with E-state index < -0.39 is 0 Å². The van der Waals surface area contributed by atoms with Crippen LogP contribution in [0.1, 0.15) is 0 Å². The minimum Gasteiger partial charge on any atom is -0.484 e. The number of nitrogens with zero attached hydrogens (tertiary/aromatic N) is 1. The third-order valence-corrected chi connectivity index (χ3v) is 3.92. The molecule has 2 aliphatic heterocycles. The van der Waals surface area contributed by atoms with E-state index >= 15 is 0 Å². The maximum Gasteiger partial charge on any atom is 0.260 e. The van der Waals surface area contributed by atoms with E-state index in [4.69, 9.17) is 4.74 Å². The zero-order chi connectivity index (χ0) is 13.2. The van der Waals surface area contributed by atoms with Crippen molar-refractivity contribution in [2.75, 3.05) is 32.8 Å². The van der Waals surface area contributed by atoms with Crippen LogP contribution in [0, 0.1) is 17.7 Å². The number of rotatable bonds is 3. The minimum absolute atomic E-state index is 0. The molecule has 0 saturated carbocycles. The SMILES string of the molecule is Cl.O=C(COc1ccc(F)cc1)N1C[C@H]2CNC[C@H]2C1. The fraction of sp³-hybridized carbons (Fsp3) is 0.500. The summed E-state index contributed by atoms with van der Waals surface area (Å²) in [5, 5.41) is 3.34. The average molecular weight is 301 g/mol. The van der Waals surface area contributed by atoms with Crippen molar-refractivity contribution in [3.63, 3.8) is 0 Å².